The van der Waals surface area contributed by atoms with Crippen LogP contribution in [-0.2, 0) is 19.1 Å². The molecule has 1 aromatic rings. The summed E-state index contributed by atoms with van der Waals surface area (Å²) >= 11 is 0. The van der Waals surface area contributed by atoms with Gasteiger partial charge in [-0.15, -0.1) is 0 Å². The van der Waals surface area contributed by atoms with Crippen LogP contribution in [-0.4, -0.2) is 47.3 Å². The van der Waals surface area contributed by atoms with E-state index in [4.69, 9.17) is 19.7 Å². The normalized spacial score (nSPS) is 11.5. The van der Waals surface area contributed by atoms with Gasteiger partial charge in [-0.25, -0.2) is 9.59 Å². The number of carboxylic acids is 1. The molecule has 1 unspecified atom stereocenters. The third-order valence-electron chi connectivity index (χ3n) is 4.05. The van der Waals surface area contributed by atoms with Gasteiger partial charge in [0.05, 0.1) is 17.7 Å². The van der Waals surface area contributed by atoms with Crippen LogP contribution >= 0.6 is 0 Å². The van der Waals surface area contributed by atoms with Crippen molar-refractivity contribution < 1.29 is 38.9 Å². The standard InChI is InChI=1S/C20H26O8/c1-14(10-12-21)11-13-27-19(25)15-6-8-16(9-7-15)20(26)28-18(24)5-3-2-4-17(22)23/h6-9,14,21H,2-5,10-13H2,1H3,(H,22,23). The summed E-state index contributed by atoms with van der Waals surface area (Å²) in [4.78, 5) is 45.8. The average molecular weight is 394 g/mol. The number of carbonyl (C=O) groups is 4. The second kappa shape index (κ2) is 12.6. The van der Waals surface area contributed by atoms with Crippen LogP contribution in [0.15, 0.2) is 24.3 Å². The molecular weight excluding hydrogens is 368 g/mol. The van der Waals surface area contributed by atoms with E-state index in [1.54, 1.807) is 0 Å². The number of aliphatic hydroxyl groups excluding tert-OH is 1. The molecule has 0 aliphatic rings. The van der Waals surface area contributed by atoms with Gasteiger partial charge in [-0.3, -0.25) is 9.59 Å². The molecule has 1 aromatic carbocycles. The van der Waals surface area contributed by atoms with Gasteiger partial charge in [0.25, 0.3) is 0 Å². The number of carbonyl (C=O) groups excluding carboxylic acids is 3. The van der Waals surface area contributed by atoms with Gasteiger partial charge >= 0.3 is 23.9 Å². The Morgan fingerprint density at radius 2 is 1.50 bits per heavy atom. The molecule has 0 aliphatic heterocycles. The van der Waals surface area contributed by atoms with Gasteiger partial charge in [-0.2, -0.15) is 0 Å². The zero-order chi connectivity index (χ0) is 20.9. The maximum atomic E-state index is 12.0. The van der Waals surface area contributed by atoms with Gasteiger partial charge in [0, 0.05) is 19.4 Å². The summed E-state index contributed by atoms with van der Waals surface area (Å²) < 4.78 is 9.85. The lowest BCUT2D eigenvalue weighted by Gasteiger charge is -2.10. The molecule has 28 heavy (non-hydrogen) atoms. The molecule has 0 heterocycles. The molecule has 0 bridgehead atoms. The number of esters is 3. The number of carboxylic acid groups (broad SMARTS) is 1. The fraction of sp³-hybridized carbons (Fsp3) is 0.500. The molecule has 1 rings (SSSR count). The third kappa shape index (κ3) is 9.27. The van der Waals surface area contributed by atoms with Crippen LogP contribution in [0.4, 0.5) is 0 Å². The van der Waals surface area contributed by atoms with Gasteiger partial charge in [-0.05, 0) is 55.9 Å². The number of hydrogen-bond acceptors (Lipinski definition) is 7. The van der Waals surface area contributed by atoms with Crippen LogP contribution in [0.3, 0.4) is 0 Å². The molecule has 2 N–H and O–H groups in total. The molecular formula is C20H26O8. The van der Waals surface area contributed by atoms with Crippen molar-refractivity contribution in [1.82, 2.24) is 0 Å². The number of aliphatic carboxylic acids is 1. The minimum Gasteiger partial charge on any atom is -0.481 e. The summed E-state index contributed by atoms with van der Waals surface area (Å²) in [6.07, 6.45) is 1.85. The highest BCUT2D eigenvalue weighted by atomic mass is 16.6. The first-order valence-electron chi connectivity index (χ1n) is 9.18. The maximum absolute atomic E-state index is 12.0. The first kappa shape index (κ1) is 23.3. The van der Waals surface area contributed by atoms with Crippen LogP contribution < -0.4 is 0 Å². The molecule has 0 aromatic heterocycles. The lowest BCUT2D eigenvalue weighted by Crippen LogP contribution is -2.13. The fourth-order valence-corrected chi connectivity index (χ4v) is 2.30. The van der Waals surface area contributed by atoms with Crippen molar-refractivity contribution in [2.45, 2.75) is 45.4 Å². The molecule has 0 saturated carbocycles. The Balaban J connectivity index is 2.41. The minimum absolute atomic E-state index is 0.0425. The van der Waals surface area contributed by atoms with E-state index >= 15 is 0 Å². The number of unbranched alkanes of at least 4 members (excludes halogenated alkanes) is 1. The lowest BCUT2D eigenvalue weighted by molar-refractivity contribution is -0.139. The van der Waals surface area contributed by atoms with E-state index in [2.05, 4.69) is 0 Å². The van der Waals surface area contributed by atoms with E-state index in [1.807, 2.05) is 6.92 Å². The van der Waals surface area contributed by atoms with Crippen molar-refractivity contribution in [3.63, 3.8) is 0 Å². The highest BCUT2D eigenvalue weighted by Gasteiger charge is 2.15. The van der Waals surface area contributed by atoms with Gasteiger partial charge in [0.1, 0.15) is 0 Å². The first-order chi connectivity index (χ1) is 13.3. The van der Waals surface area contributed by atoms with E-state index in [1.165, 1.54) is 24.3 Å². The Morgan fingerprint density at radius 3 is 2.07 bits per heavy atom. The van der Waals surface area contributed by atoms with Crippen LogP contribution in [0.25, 0.3) is 0 Å². The average Bonchev–Trinajstić information content (AvgIpc) is 2.65. The largest absolute Gasteiger partial charge is 0.481 e. The predicted octanol–water partition coefficient (Wildman–Crippen LogP) is 2.58. The lowest BCUT2D eigenvalue weighted by atomic mass is 10.1. The van der Waals surface area contributed by atoms with Crippen molar-refractivity contribution in [3.05, 3.63) is 35.4 Å². The topological polar surface area (TPSA) is 127 Å². The second-order valence-corrected chi connectivity index (χ2v) is 6.48. The van der Waals surface area contributed by atoms with E-state index < -0.39 is 23.9 Å². The van der Waals surface area contributed by atoms with Crippen LogP contribution in [0.5, 0.6) is 0 Å². The molecule has 0 aliphatic carbocycles. The number of ether oxygens (including phenoxy) is 2. The Kier molecular flexibility index (Phi) is 10.5. The first-order valence-corrected chi connectivity index (χ1v) is 9.18. The van der Waals surface area contributed by atoms with Gasteiger partial charge in [0.15, 0.2) is 0 Å². The summed E-state index contributed by atoms with van der Waals surface area (Å²) in [5.74, 6) is -2.78. The van der Waals surface area contributed by atoms with E-state index in [0.717, 1.165) is 0 Å². The number of hydrogen-bond donors (Lipinski definition) is 2. The molecule has 154 valence electrons. The van der Waals surface area contributed by atoms with Crippen LogP contribution in [0, 0.1) is 5.92 Å². The fourth-order valence-electron chi connectivity index (χ4n) is 2.30. The van der Waals surface area contributed by atoms with Crippen molar-refractivity contribution in [3.8, 4) is 0 Å². The summed E-state index contributed by atoms with van der Waals surface area (Å²) in [6.45, 7) is 2.29. The van der Waals surface area contributed by atoms with Crippen LogP contribution in [0.2, 0.25) is 0 Å². The molecule has 0 amide bonds. The summed E-state index contributed by atoms with van der Waals surface area (Å²) in [5, 5.41) is 17.4. The van der Waals surface area contributed by atoms with Crippen LogP contribution in [0.1, 0.15) is 66.2 Å². The minimum atomic E-state index is -0.942. The summed E-state index contributed by atoms with van der Waals surface area (Å²) in [6, 6.07) is 5.55. The number of aliphatic hydroxyl groups is 1. The summed E-state index contributed by atoms with van der Waals surface area (Å²) in [5.41, 5.74) is 0.387. The van der Waals surface area contributed by atoms with Crippen molar-refractivity contribution in [1.29, 1.82) is 0 Å². The zero-order valence-corrected chi connectivity index (χ0v) is 15.9. The van der Waals surface area contributed by atoms with Crippen molar-refractivity contribution >= 4 is 23.9 Å². The molecule has 0 radical (unpaired) electrons. The second-order valence-electron chi connectivity index (χ2n) is 6.48. The Morgan fingerprint density at radius 1 is 0.929 bits per heavy atom. The van der Waals surface area contributed by atoms with Gasteiger partial charge in [0.2, 0.25) is 0 Å². The molecule has 0 fully saturated rings. The quantitative estimate of drug-likeness (QED) is 0.315. The Bertz CT molecular complexity index is 665. The van der Waals surface area contributed by atoms with E-state index in [9.17, 15) is 19.2 Å². The van der Waals surface area contributed by atoms with Crippen molar-refractivity contribution in [2.24, 2.45) is 5.92 Å². The van der Waals surface area contributed by atoms with E-state index in [-0.39, 0.29) is 43.1 Å². The maximum Gasteiger partial charge on any atom is 0.345 e. The Hall–Kier alpha value is -2.74. The number of benzene rings is 1. The van der Waals surface area contributed by atoms with Crippen molar-refractivity contribution in [2.75, 3.05) is 13.2 Å². The predicted molar refractivity (Wildman–Crippen MR) is 98.7 cm³/mol. The SMILES string of the molecule is CC(CCO)CCOC(=O)c1ccc(C(=O)OC(=O)CCCCC(=O)O)cc1. The number of rotatable bonds is 12. The molecule has 0 saturated heterocycles. The molecule has 1 atom stereocenters. The van der Waals surface area contributed by atoms with Gasteiger partial charge < -0.3 is 19.7 Å². The molecule has 8 nitrogen and oxygen atoms in total. The Labute approximate surface area is 163 Å². The van der Waals surface area contributed by atoms with Gasteiger partial charge in [-0.1, -0.05) is 6.92 Å². The van der Waals surface area contributed by atoms with E-state index in [0.29, 0.717) is 25.7 Å². The highest BCUT2D eigenvalue weighted by molar-refractivity contribution is 5.98. The third-order valence-corrected chi connectivity index (χ3v) is 4.05. The molecule has 0 spiro atoms. The molecule has 8 heteroatoms. The highest BCUT2D eigenvalue weighted by Crippen LogP contribution is 2.11. The monoisotopic (exact) mass is 394 g/mol. The zero-order valence-electron chi connectivity index (χ0n) is 15.9. The summed E-state index contributed by atoms with van der Waals surface area (Å²) in [7, 11) is 0. The smallest absolute Gasteiger partial charge is 0.345 e.